The Hall–Kier alpha value is -2.54. The molecule has 1 unspecified atom stereocenters. The van der Waals surface area contributed by atoms with Crippen LogP contribution in [-0.4, -0.2) is 39.1 Å². The highest BCUT2D eigenvalue weighted by Gasteiger charge is 2.34. The first kappa shape index (κ1) is 29.0. The minimum atomic E-state index is -4.51. The molecule has 0 saturated carbocycles. The van der Waals surface area contributed by atoms with Crippen molar-refractivity contribution in [3.8, 4) is 0 Å². The molecule has 2 N–H and O–H groups in total. The van der Waals surface area contributed by atoms with Crippen LogP contribution in [0, 0.1) is 10.5 Å². The van der Waals surface area contributed by atoms with Crippen LogP contribution >= 0.6 is 34.4 Å². The zero-order valence-electron chi connectivity index (χ0n) is 21.0. The van der Waals surface area contributed by atoms with Crippen LogP contribution in [0.1, 0.15) is 64.3 Å². The van der Waals surface area contributed by atoms with Gasteiger partial charge in [-0.1, -0.05) is 18.2 Å². The van der Waals surface area contributed by atoms with Crippen molar-refractivity contribution in [2.45, 2.75) is 45.5 Å². The van der Waals surface area contributed by atoms with Crippen LogP contribution in [0.5, 0.6) is 0 Å². The van der Waals surface area contributed by atoms with Gasteiger partial charge in [0.05, 0.1) is 17.2 Å². The molecule has 0 spiro atoms. The molecular formula is C26H28F3IN4O2S. The predicted molar refractivity (Wildman–Crippen MR) is 149 cm³/mol. The topological polar surface area (TPSA) is 76.0 Å². The van der Waals surface area contributed by atoms with Crippen molar-refractivity contribution in [1.29, 1.82) is 0 Å². The van der Waals surface area contributed by atoms with Gasteiger partial charge in [-0.3, -0.25) is 14.3 Å². The largest absolute Gasteiger partial charge is 0.435 e. The first-order valence-corrected chi connectivity index (χ1v) is 13.8. The molecule has 0 radical (unpaired) electrons. The molecule has 2 aromatic carbocycles. The Kier molecular flexibility index (Phi) is 8.99. The van der Waals surface area contributed by atoms with E-state index in [2.05, 4.69) is 15.7 Å². The number of carbonyl (C=O) groups is 2. The lowest BCUT2D eigenvalue weighted by molar-refractivity contribution is -0.141. The maximum Gasteiger partial charge on any atom is 0.435 e. The average molecular weight is 645 g/mol. The normalized spacial score (nSPS) is 12.8. The second-order valence-corrected chi connectivity index (χ2v) is 11.3. The highest BCUT2D eigenvalue weighted by atomic mass is 127. The minimum Gasteiger partial charge on any atom is -0.346 e. The summed E-state index contributed by atoms with van der Waals surface area (Å²) in [7, 11) is 0. The fraction of sp³-hybridized carbons (Fsp3) is 0.346. The maximum absolute atomic E-state index is 13.3. The molecule has 1 aromatic heterocycles. The molecule has 1 atom stereocenters. The molecule has 0 aliphatic heterocycles. The lowest BCUT2D eigenvalue weighted by atomic mass is 10.0. The molecule has 3 aromatic rings. The van der Waals surface area contributed by atoms with E-state index in [0.717, 1.165) is 17.2 Å². The van der Waals surface area contributed by atoms with E-state index in [1.54, 1.807) is 62.0 Å². The molecule has 37 heavy (non-hydrogen) atoms. The van der Waals surface area contributed by atoms with Crippen molar-refractivity contribution in [3.05, 3.63) is 80.2 Å². The van der Waals surface area contributed by atoms with Gasteiger partial charge in [-0.15, -0.1) is 0 Å². The fourth-order valence-corrected chi connectivity index (χ4v) is 5.38. The Morgan fingerprint density at radius 2 is 1.84 bits per heavy atom. The third-order valence-corrected chi connectivity index (χ3v) is 7.63. The van der Waals surface area contributed by atoms with Gasteiger partial charge in [0.25, 0.3) is 11.8 Å². The number of hydrogen-bond acceptors (Lipinski definition) is 4. The van der Waals surface area contributed by atoms with Crippen molar-refractivity contribution >= 4 is 51.9 Å². The van der Waals surface area contributed by atoms with Gasteiger partial charge >= 0.3 is 6.18 Å². The number of nitrogens with one attached hydrogen (secondary N) is 2. The summed E-state index contributed by atoms with van der Waals surface area (Å²) in [6.07, 6.45) is -1.25. The number of thioether (sulfide) groups is 1. The second-order valence-electron chi connectivity index (χ2n) is 9.32. The molecular weight excluding hydrogens is 616 g/mol. The summed E-state index contributed by atoms with van der Waals surface area (Å²) in [5.74, 6) is -0.0476. The van der Waals surface area contributed by atoms with E-state index in [4.69, 9.17) is 0 Å². The maximum atomic E-state index is 13.3. The van der Waals surface area contributed by atoms with Crippen LogP contribution in [0.2, 0.25) is 0 Å². The Balaban J connectivity index is 1.82. The molecule has 0 aliphatic carbocycles. The number of hydrogen-bond donors (Lipinski definition) is 2. The molecule has 198 valence electrons. The van der Waals surface area contributed by atoms with Gasteiger partial charge < -0.3 is 10.6 Å². The number of halogens is 4. The highest BCUT2D eigenvalue weighted by molar-refractivity contribution is 14.1. The summed E-state index contributed by atoms with van der Waals surface area (Å²) in [5.41, 5.74) is 1.13. The van der Waals surface area contributed by atoms with Crippen molar-refractivity contribution in [3.63, 3.8) is 0 Å². The van der Waals surface area contributed by atoms with Crippen LogP contribution in [0.4, 0.5) is 18.9 Å². The monoisotopic (exact) mass is 644 g/mol. The number of benzene rings is 2. The van der Waals surface area contributed by atoms with Crippen molar-refractivity contribution < 1.29 is 22.8 Å². The minimum absolute atomic E-state index is 0.248. The van der Waals surface area contributed by atoms with E-state index in [1.165, 1.54) is 10.9 Å². The van der Waals surface area contributed by atoms with E-state index < -0.39 is 29.4 Å². The second kappa shape index (κ2) is 11.5. The lowest BCUT2D eigenvalue weighted by Gasteiger charge is -2.26. The molecule has 0 saturated heterocycles. The van der Waals surface area contributed by atoms with E-state index >= 15 is 0 Å². The molecule has 2 amide bonds. The van der Waals surface area contributed by atoms with Crippen LogP contribution in [0.15, 0.2) is 48.7 Å². The van der Waals surface area contributed by atoms with Crippen molar-refractivity contribution in [1.82, 2.24) is 15.1 Å². The SMILES string of the molecule is CSCC(C)(C)NC(=O)c1c(I)cccc1C(=O)Nc1ccc(C(C)n2ccc(C(F)(F)F)n2)cc1C. The average Bonchev–Trinajstić information content (AvgIpc) is 3.30. The van der Waals surface area contributed by atoms with E-state index in [1.807, 2.05) is 42.7 Å². The summed E-state index contributed by atoms with van der Waals surface area (Å²) < 4.78 is 40.7. The molecule has 11 heteroatoms. The zero-order valence-corrected chi connectivity index (χ0v) is 24.0. The third-order valence-electron chi connectivity index (χ3n) is 5.72. The third kappa shape index (κ3) is 7.07. The standard InChI is InChI=1S/C26H28F3IN4O2S/c1-15-13-17(16(2)34-12-11-21(33-34)26(27,28)29)9-10-20(15)31-23(35)18-7-6-8-19(30)22(18)24(36)32-25(3,4)14-37-5/h6-13,16H,14H2,1-5H3,(H,31,35)(H,32,36). The smallest absolute Gasteiger partial charge is 0.346 e. The lowest BCUT2D eigenvalue weighted by Crippen LogP contribution is -2.46. The number of aryl methyl sites for hydroxylation is 1. The Labute approximate surface area is 231 Å². The van der Waals surface area contributed by atoms with Crippen molar-refractivity contribution in [2.24, 2.45) is 0 Å². The number of aromatic nitrogens is 2. The molecule has 3 rings (SSSR count). The molecule has 6 nitrogen and oxygen atoms in total. The summed E-state index contributed by atoms with van der Waals surface area (Å²) in [6.45, 7) is 7.39. The predicted octanol–water partition coefficient (Wildman–Crippen LogP) is 6.55. The van der Waals surface area contributed by atoms with Gasteiger partial charge in [-0.05, 0) is 91.9 Å². The van der Waals surface area contributed by atoms with Gasteiger partial charge in [0.2, 0.25) is 0 Å². The van der Waals surface area contributed by atoms with Crippen molar-refractivity contribution in [2.75, 3.05) is 17.3 Å². The molecule has 1 heterocycles. The van der Waals surface area contributed by atoms with Gasteiger partial charge in [-0.25, -0.2) is 0 Å². The summed E-state index contributed by atoms with van der Waals surface area (Å²) in [4.78, 5) is 26.4. The Morgan fingerprint density at radius 1 is 1.14 bits per heavy atom. The van der Waals surface area contributed by atoms with E-state index in [0.29, 0.717) is 20.6 Å². The Bertz CT molecular complexity index is 1310. The number of amides is 2. The quantitative estimate of drug-likeness (QED) is 0.273. The first-order valence-electron chi connectivity index (χ1n) is 11.4. The summed E-state index contributed by atoms with van der Waals surface area (Å²) >= 11 is 3.66. The number of anilines is 1. The van der Waals surface area contributed by atoms with Crippen LogP contribution in [-0.2, 0) is 6.18 Å². The Morgan fingerprint density at radius 3 is 2.43 bits per heavy atom. The van der Waals surface area contributed by atoms with E-state index in [-0.39, 0.29) is 11.5 Å². The molecule has 0 bridgehead atoms. The van der Waals surface area contributed by atoms with Gasteiger partial charge in [0, 0.05) is 26.7 Å². The number of alkyl halides is 3. The highest BCUT2D eigenvalue weighted by Crippen LogP contribution is 2.30. The summed E-state index contributed by atoms with van der Waals surface area (Å²) in [6, 6.07) is 10.8. The number of rotatable bonds is 8. The van der Waals surface area contributed by atoms with Crippen LogP contribution < -0.4 is 10.6 Å². The van der Waals surface area contributed by atoms with Crippen LogP contribution in [0.3, 0.4) is 0 Å². The molecule has 0 aliphatic rings. The van der Waals surface area contributed by atoms with Gasteiger partial charge in [0.1, 0.15) is 0 Å². The van der Waals surface area contributed by atoms with Gasteiger partial charge in [-0.2, -0.15) is 30.0 Å². The fourth-order valence-electron chi connectivity index (χ4n) is 3.85. The summed E-state index contributed by atoms with van der Waals surface area (Å²) in [5, 5.41) is 9.53. The number of nitrogens with zero attached hydrogens (tertiary/aromatic N) is 2. The zero-order chi connectivity index (χ0) is 27.5. The molecule has 0 fully saturated rings. The first-order chi connectivity index (χ1) is 17.2. The van der Waals surface area contributed by atoms with Gasteiger partial charge in [0.15, 0.2) is 5.69 Å². The van der Waals surface area contributed by atoms with Crippen LogP contribution in [0.25, 0.3) is 0 Å². The number of carbonyl (C=O) groups excluding carboxylic acids is 2. The van der Waals surface area contributed by atoms with E-state index in [9.17, 15) is 22.8 Å².